The molecule has 1 atom stereocenters. The summed E-state index contributed by atoms with van der Waals surface area (Å²) in [5.74, 6) is -2.77. The lowest BCUT2D eigenvalue weighted by atomic mass is 9.87. The largest absolute Gasteiger partial charge is 0.465 e. The Morgan fingerprint density at radius 3 is 2.73 bits per heavy atom. The minimum atomic E-state index is -2.10. The summed E-state index contributed by atoms with van der Waals surface area (Å²) < 4.78 is 10.2. The summed E-state index contributed by atoms with van der Waals surface area (Å²) in [4.78, 5) is 48.7. The molecule has 2 heterocycles. The van der Waals surface area contributed by atoms with Crippen LogP contribution in [0, 0.1) is 10.1 Å². The molecule has 4 rings (SSSR count). The Labute approximate surface area is 173 Å². The number of nitrogens with one attached hydrogen (secondary N) is 2. The molecule has 2 aliphatic rings. The van der Waals surface area contributed by atoms with Crippen LogP contribution >= 0.6 is 11.6 Å². The Bertz CT molecular complexity index is 1180. The van der Waals surface area contributed by atoms with Crippen LogP contribution in [0.15, 0.2) is 53.7 Å². The molecule has 2 aliphatic heterocycles. The summed E-state index contributed by atoms with van der Waals surface area (Å²) in [6.45, 7) is 0. The van der Waals surface area contributed by atoms with Crippen LogP contribution in [0.1, 0.15) is 5.56 Å². The highest BCUT2D eigenvalue weighted by Gasteiger charge is 2.62. The lowest BCUT2D eigenvalue weighted by Gasteiger charge is -2.22. The average molecular weight is 430 g/mol. The summed E-state index contributed by atoms with van der Waals surface area (Å²) in [6, 6.07) is 9.72. The lowest BCUT2D eigenvalue weighted by molar-refractivity contribution is -0.384. The number of nitrogens with zero attached hydrogens (tertiary/aromatic N) is 1. The number of halogens is 1. The van der Waals surface area contributed by atoms with Crippen LogP contribution in [-0.4, -0.2) is 29.9 Å². The fourth-order valence-corrected chi connectivity index (χ4v) is 3.59. The van der Waals surface area contributed by atoms with E-state index in [0.717, 1.165) is 7.11 Å². The van der Waals surface area contributed by atoms with Crippen molar-refractivity contribution in [3.63, 3.8) is 0 Å². The molecule has 1 amide bonds. The van der Waals surface area contributed by atoms with E-state index in [4.69, 9.17) is 21.1 Å². The van der Waals surface area contributed by atoms with Crippen molar-refractivity contribution in [2.75, 3.05) is 17.7 Å². The van der Waals surface area contributed by atoms with Gasteiger partial charge in [0.15, 0.2) is 0 Å². The van der Waals surface area contributed by atoms with Gasteiger partial charge in [0.05, 0.1) is 12.0 Å². The van der Waals surface area contributed by atoms with Crippen molar-refractivity contribution >= 4 is 46.5 Å². The molecule has 152 valence electrons. The average Bonchev–Trinajstić information content (AvgIpc) is 3.16. The number of anilines is 2. The summed E-state index contributed by atoms with van der Waals surface area (Å²) >= 11 is 6.05. The molecule has 11 heteroatoms. The Hall–Kier alpha value is -3.92. The number of nitro groups is 1. The maximum Gasteiger partial charge on any atom is 0.357 e. The number of carbonyl (C=O) groups excluding carboxylic acids is 3. The second-order valence-corrected chi connectivity index (χ2v) is 6.83. The van der Waals surface area contributed by atoms with Gasteiger partial charge in [-0.25, -0.2) is 9.59 Å². The normalized spacial score (nSPS) is 19.4. The van der Waals surface area contributed by atoms with Crippen LogP contribution in [0.3, 0.4) is 0 Å². The number of hydrogen-bond donors (Lipinski definition) is 2. The van der Waals surface area contributed by atoms with Gasteiger partial charge in [0.25, 0.3) is 17.2 Å². The molecule has 1 unspecified atom stereocenters. The van der Waals surface area contributed by atoms with Crippen molar-refractivity contribution in [1.82, 2.24) is 0 Å². The molecule has 2 N–H and O–H groups in total. The highest BCUT2D eigenvalue weighted by Crippen LogP contribution is 2.50. The number of fused-ring (bicyclic) bond motifs is 2. The number of nitro benzene ring substituents is 1. The molecule has 0 fully saturated rings. The third-order valence-corrected chi connectivity index (χ3v) is 4.93. The summed E-state index contributed by atoms with van der Waals surface area (Å²) in [6.07, 6.45) is 0. The molecule has 0 aliphatic carbocycles. The van der Waals surface area contributed by atoms with Crippen molar-refractivity contribution in [3.8, 4) is 0 Å². The number of amides is 1. The predicted octanol–water partition coefficient (Wildman–Crippen LogP) is 2.49. The van der Waals surface area contributed by atoms with Gasteiger partial charge in [0, 0.05) is 34.1 Å². The molecule has 1 spiro atoms. The molecule has 0 saturated carbocycles. The molecular formula is C19H12ClN3O7. The first-order chi connectivity index (χ1) is 14.3. The number of ether oxygens (including phenoxy) is 2. The fraction of sp³-hybridized carbons (Fsp3) is 0.105. The van der Waals surface area contributed by atoms with Gasteiger partial charge in [-0.15, -0.1) is 0 Å². The number of esters is 2. The zero-order valence-corrected chi connectivity index (χ0v) is 16.0. The van der Waals surface area contributed by atoms with E-state index in [1.54, 1.807) is 0 Å². The SMILES string of the molecule is COC(=O)C1=C(Nc2cccc([N+](=O)[O-])c2)C(=O)OC12C(=O)Nc1ccc(Cl)cc12. The molecular weight excluding hydrogens is 418 g/mol. The van der Waals surface area contributed by atoms with Gasteiger partial charge in [0.2, 0.25) is 0 Å². The summed E-state index contributed by atoms with van der Waals surface area (Å²) in [7, 11) is 1.09. The number of rotatable bonds is 4. The zero-order valence-electron chi connectivity index (χ0n) is 15.2. The van der Waals surface area contributed by atoms with E-state index in [2.05, 4.69) is 10.6 Å². The van der Waals surface area contributed by atoms with Crippen LogP contribution < -0.4 is 10.6 Å². The number of carbonyl (C=O) groups is 3. The van der Waals surface area contributed by atoms with Crippen molar-refractivity contribution in [2.45, 2.75) is 5.60 Å². The van der Waals surface area contributed by atoms with E-state index >= 15 is 0 Å². The molecule has 2 aromatic carbocycles. The topological polar surface area (TPSA) is 137 Å². The monoisotopic (exact) mass is 429 g/mol. The van der Waals surface area contributed by atoms with Crippen LogP contribution in [-0.2, 0) is 29.5 Å². The third kappa shape index (κ3) is 2.77. The number of hydrogen-bond acceptors (Lipinski definition) is 8. The molecule has 0 aromatic heterocycles. The maximum atomic E-state index is 12.9. The third-order valence-electron chi connectivity index (χ3n) is 4.70. The Morgan fingerprint density at radius 1 is 1.27 bits per heavy atom. The van der Waals surface area contributed by atoms with Gasteiger partial charge < -0.3 is 20.1 Å². The van der Waals surface area contributed by atoms with E-state index in [0.29, 0.717) is 5.69 Å². The highest BCUT2D eigenvalue weighted by atomic mass is 35.5. The first-order valence-electron chi connectivity index (χ1n) is 8.47. The zero-order chi connectivity index (χ0) is 21.6. The first-order valence-corrected chi connectivity index (χ1v) is 8.85. The molecule has 30 heavy (non-hydrogen) atoms. The highest BCUT2D eigenvalue weighted by molar-refractivity contribution is 6.31. The van der Waals surface area contributed by atoms with Crippen molar-refractivity contribution in [1.29, 1.82) is 0 Å². The van der Waals surface area contributed by atoms with Crippen molar-refractivity contribution in [2.24, 2.45) is 0 Å². The molecule has 0 bridgehead atoms. The molecule has 0 saturated heterocycles. The number of non-ortho nitro benzene ring substituents is 1. The smallest absolute Gasteiger partial charge is 0.357 e. The second kappa shape index (κ2) is 6.85. The maximum absolute atomic E-state index is 12.9. The Balaban J connectivity index is 1.91. The first kappa shape index (κ1) is 19.4. The van der Waals surface area contributed by atoms with E-state index in [9.17, 15) is 24.5 Å². The Morgan fingerprint density at radius 2 is 2.03 bits per heavy atom. The van der Waals surface area contributed by atoms with Crippen LogP contribution in [0.5, 0.6) is 0 Å². The van der Waals surface area contributed by atoms with Gasteiger partial charge >= 0.3 is 11.9 Å². The van der Waals surface area contributed by atoms with Crippen molar-refractivity contribution < 1.29 is 28.8 Å². The minimum absolute atomic E-state index is 0.138. The lowest BCUT2D eigenvalue weighted by Crippen LogP contribution is -2.39. The van der Waals surface area contributed by atoms with Gasteiger partial charge in [-0.3, -0.25) is 14.9 Å². The number of methoxy groups -OCH3 is 1. The van der Waals surface area contributed by atoms with Gasteiger partial charge in [0.1, 0.15) is 11.3 Å². The van der Waals surface area contributed by atoms with E-state index in [1.165, 1.54) is 42.5 Å². The van der Waals surface area contributed by atoms with Crippen molar-refractivity contribution in [3.05, 3.63) is 74.4 Å². The minimum Gasteiger partial charge on any atom is -0.465 e. The predicted molar refractivity (Wildman–Crippen MR) is 104 cm³/mol. The second-order valence-electron chi connectivity index (χ2n) is 6.39. The van der Waals surface area contributed by atoms with Gasteiger partial charge in [-0.05, 0) is 24.3 Å². The molecule has 0 radical (unpaired) electrons. The quantitative estimate of drug-likeness (QED) is 0.429. The van der Waals surface area contributed by atoms with Crippen LogP contribution in [0.2, 0.25) is 5.02 Å². The fourth-order valence-electron chi connectivity index (χ4n) is 3.42. The Kier molecular flexibility index (Phi) is 4.43. The molecule has 2 aromatic rings. The van der Waals surface area contributed by atoms with Crippen LogP contribution in [0.25, 0.3) is 0 Å². The van der Waals surface area contributed by atoms with Gasteiger partial charge in [-0.2, -0.15) is 0 Å². The van der Waals surface area contributed by atoms with Gasteiger partial charge in [-0.1, -0.05) is 17.7 Å². The standard InChI is InChI=1S/C19H12ClN3O7/c1-29-16(24)14-15(21-10-3-2-4-11(8-10)23(27)28)17(25)30-19(14)12-7-9(20)5-6-13(12)22-18(19)26/h2-8,21H,1H3,(H,22,26). The van der Waals surface area contributed by atoms with E-state index in [1.807, 2.05) is 0 Å². The van der Waals surface area contributed by atoms with E-state index in [-0.39, 0.29) is 33.2 Å². The summed E-state index contributed by atoms with van der Waals surface area (Å²) in [5, 5.41) is 16.5. The van der Waals surface area contributed by atoms with E-state index < -0.39 is 28.4 Å². The number of benzene rings is 2. The molecule has 10 nitrogen and oxygen atoms in total. The summed E-state index contributed by atoms with van der Waals surface area (Å²) in [5.41, 5.74) is -2.48. The van der Waals surface area contributed by atoms with Crippen LogP contribution in [0.4, 0.5) is 17.1 Å².